The van der Waals surface area contributed by atoms with Crippen LogP contribution in [0.2, 0.25) is 0 Å². The maximum atomic E-state index is 9.82. The summed E-state index contributed by atoms with van der Waals surface area (Å²) >= 11 is 1.60. The lowest BCUT2D eigenvalue weighted by molar-refractivity contribution is 0.262. The third-order valence-electron chi connectivity index (χ3n) is 5.89. The first-order chi connectivity index (χ1) is 16.5. The van der Waals surface area contributed by atoms with Crippen molar-refractivity contribution in [2.24, 2.45) is 0 Å². The quantitative estimate of drug-likeness (QED) is 0.293. The number of nitrogens with one attached hydrogen (secondary N) is 2. The van der Waals surface area contributed by atoms with Gasteiger partial charge in [-0.15, -0.1) is 11.3 Å². The van der Waals surface area contributed by atoms with E-state index >= 15 is 0 Å². The van der Waals surface area contributed by atoms with Crippen LogP contribution in [-0.4, -0.2) is 42.1 Å². The Labute approximate surface area is 202 Å². The molecule has 5 rings (SSSR count). The minimum atomic E-state index is 0.515. The zero-order chi connectivity index (χ0) is 23.7. The minimum Gasteiger partial charge on any atom is -0.492 e. The first-order valence-electron chi connectivity index (χ1n) is 11.1. The number of rotatable bonds is 7. The van der Waals surface area contributed by atoms with Gasteiger partial charge in [0.05, 0.1) is 11.3 Å². The fraction of sp³-hybridized carbons (Fsp3) is 0.185. The van der Waals surface area contributed by atoms with Crippen molar-refractivity contribution in [3.8, 4) is 22.3 Å². The Kier molecular flexibility index (Phi) is 5.93. The van der Waals surface area contributed by atoms with Crippen LogP contribution in [0.3, 0.4) is 0 Å². The van der Waals surface area contributed by atoms with Crippen molar-refractivity contribution in [1.82, 2.24) is 14.9 Å². The van der Waals surface area contributed by atoms with Crippen molar-refractivity contribution in [3.05, 3.63) is 72.1 Å². The van der Waals surface area contributed by atoms with Crippen LogP contribution in [0.25, 0.3) is 31.6 Å². The lowest BCUT2D eigenvalue weighted by Crippen LogP contribution is -2.19. The van der Waals surface area contributed by atoms with E-state index in [1.807, 2.05) is 44.6 Å². The number of nitrogens with zero attached hydrogens (tertiary/aromatic N) is 3. The number of thiophene rings is 1. The molecule has 0 aliphatic rings. The Hall–Kier alpha value is -3.86. The van der Waals surface area contributed by atoms with E-state index in [4.69, 9.17) is 4.74 Å². The number of benzene rings is 2. The molecule has 2 aromatic carbocycles. The van der Waals surface area contributed by atoms with E-state index in [-0.39, 0.29) is 0 Å². The summed E-state index contributed by atoms with van der Waals surface area (Å²) in [5, 5.41) is 15.4. The molecule has 0 bridgehead atoms. The number of aryl methyl sites for hydroxylation is 1. The van der Waals surface area contributed by atoms with Gasteiger partial charge in [-0.05, 0) is 63.0 Å². The molecule has 7 heteroatoms. The Morgan fingerprint density at radius 3 is 2.82 bits per heavy atom. The van der Waals surface area contributed by atoms with E-state index in [2.05, 4.69) is 57.4 Å². The van der Waals surface area contributed by atoms with Gasteiger partial charge in [0.25, 0.3) is 0 Å². The Morgan fingerprint density at radius 2 is 2.00 bits per heavy atom. The van der Waals surface area contributed by atoms with E-state index in [1.165, 1.54) is 0 Å². The lowest BCUT2D eigenvalue weighted by atomic mass is 10.1. The fourth-order valence-electron chi connectivity index (χ4n) is 4.03. The van der Waals surface area contributed by atoms with E-state index in [0.29, 0.717) is 12.2 Å². The molecular formula is C27H25N5OS. The van der Waals surface area contributed by atoms with Crippen molar-refractivity contribution in [2.45, 2.75) is 6.92 Å². The van der Waals surface area contributed by atoms with Gasteiger partial charge in [-0.25, -0.2) is 4.98 Å². The van der Waals surface area contributed by atoms with Crippen LogP contribution < -0.4 is 10.1 Å². The number of aromatic amines is 1. The zero-order valence-electron chi connectivity index (χ0n) is 19.3. The first-order valence-corrected chi connectivity index (χ1v) is 11.9. The third-order valence-corrected chi connectivity index (χ3v) is 6.97. The SMILES string of the molecule is Cc1c(Nc2c(C#N)cnc3sc(-c4ccccc4OCCN(C)C)cc23)ccc2[nH]ccc12. The topological polar surface area (TPSA) is 77.0 Å². The van der Waals surface area contributed by atoms with Crippen molar-refractivity contribution in [2.75, 3.05) is 32.6 Å². The summed E-state index contributed by atoms with van der Waals surface area (Å²) in [6.07, 6.45) is 3.59. The molecule has 5 aromatic rings. The number of pyridine rings is 1. The number of para-hydroxylation sites is 1. The molecule has 0 saturated heterocycles. The highest BCUT2D eigenvalue weighted by Gasteiger charge is 2.17. The second-order valence-corrected chi connectivity index (χ2v) is 9.47. The standard InChI is InChI=1S/C27H25N5OS/c1-17-19-10-11-29-23(19)9-8-22(17)31-26-18(15-28)16-30-27-21(26)14-25(34-27)20-6-4-5-7-24(20)33-13-12-32(2)3/h4-11,14,16,29H,12-13H2,1-3H3,(H,30,31). The lowest BCUT2D eigenvalue weighted by Gasteiger charge is -2.13. The summed E-state index contributed by atoms with van der Waals surface area (Å²) in [5.41, 5.74) is 5.50. The molecule has 34 heavy (non-hydrogen) atoms. The average molecular weight is 468 g/mol. The van der Waals surface area contributed by atoms with Crippen molar-refractivity contribution >= 4 is 43.8 Å². The van der Waals surface area contributed by atoms with Crippen LogP contribution in [0.4, 0.5) is 11.4 Å². The Balaban J connectivity index is 1.57. The number of fused-ring (bicyclic) bond motifs is 2. The van der Waals surface area contributed by atoms with Gasteiger partial charge in [-0.2, -0.15) is 5.26 Å². The largest absolute Gasteiger partial charge is 0.492 e. The second kappa shape index (κ2) is 9.18. The predicted octanol–water partition coefficient (Wildman–Crippen LogP) is 6.31. The minimum absolute atomic E-state index is 0.515. The molecule has 0 aliphatic carbocycles. The van der Waals surface area contributed by atoms with Gasteiger partial charge in [0.15, 0.2) is 0 Å². The number of hydrogen-bond acceptors (Lipinski definition) is 6. The zero-order valence-corrected chi connectivity index (χ0v) is 20.2. The van der Waals surface area contributed by atoms with E-state index in [1.54, 1.807) is 17.5 Å². The molecular weight excluding hydrogens is 442 g/mol. The molecule has 170 valence electrons. The van der Waals surface area contributed by atoms with Gasteiger partial charge in [0, 0.05) is 51.4 Å². The molecule has 3 heterocycles. The summed E-state index contributed by atoms with van der Waals surface area (Å²) < 4.78 is 6.09. The third kappa shape index (κ3) is 4.10. The molecule has 0 aliphatic heterocycles. The van der Waals surface area contributed by atoms with Gasteiger partial charge < -0.3 is 19.9 Å². The van der Waals surface area contributed by atoms with Crippen LogP contribution in [0, 0.1) is 18.3 Å². The molecule has 3 aromatic heterocycles. The van der Waals surface area contributed by atoms with Gasteiger partial charge in [0.1, 0.15) is 23.3 Å². The predicted molar refractivity (Wildman–Crippen MR) is 140 cm³/mol. The number of H-pyrrole nitrogens is 1. The van der Waals surface area contributed by atoms with Crippen LogP contribution in [-0.2, 0) is 0 Å². The van der Waals surface area contributed by atoms with Gasteiger partial charge in [-0.3, -0.25) is 0 Å². The normalized spacial score (nSPS) is 11.3. The molecule has 6 nitrogen and oxygen atoms in total. The second-order valence-electron chi connectivity index (χ2n) is 8.44. The number of aromatic nitrogens is 2. The monoisotopic (exact) mass is 467 g/mol. The average Bonchev–Trinajstić information content (AvgIpc) is 3.49. The number of nitriles is 1. The molecule has 0 fully saturated rings. The van der Waals surface area contributed by atoms with Crippen LogP contribution in [0.5, 0.6) is 5.75 Å². The molecule has 2 N–H and O–H groups in total. The number of likely N-dealkylation sites (N-methyl/N-ethyl adjacent to an activating group) is 1. The van der Waals surface area contributed by atoms with Crippen LogP contribution in [0.1, 0.15) is 11.1 Å². The van der Waals surface area contributed by atoms with E-state index in [9.17, 15) is 5.26 Å². The maximum absolute atomic E-state index is 9.82. The molecule has 0 radical (unpaired) electrons. The fourth-order valence-corrected chi connectivity index (χ4v) is 5.07. The number of anilines is 2. The highest BCUT2D eigenvalue weighted by Crippen LogP contribution is 2.41. The first kappa shape index (κ1) is 22.0. The molecule has 0 spiro atoms. The van der Waals surface area contributed by atoms with Crippen molar-refractivity contribution < 1.29 is 4.74 Å². The number of hydrogen-bond donors (Lipinski definition) is 2. The maximum Gasteiger partial charge on any atom is 0.128 e. The molecule has 0 unspecified atom stereocenters. The highest BCUT2D eigenvalue weighted by molar-refractivity contribution is 7.22. The van der Waals surface area contributed by atoms with E-state index < -0.39 is 0 Å². The Bertz CT molecular complexity index is 1530. The highest BCUT2D eigenvalue weighted by atomic mass is 32.1. The molecule has 0 atom stereocenters. The number of ether oxygens (including phenoxy) is 1. The van der Waals surface area contributed by atoms with Crippen molar-refractivity contribution in [1.29, 1.82) is 5.26 Å². The van der Waals surface area contributed by atoms with Crippen LogP contribution in [0.15, 0.2) is 60.9 Å². The Morgan fingerprint density at radius 1 is 1.15 bits per heavy atom. The summed E-state index contributed by atoms with van der Waals surface area (Å²) in [6.45, 7) is 3.54. The molecule has 0 saturated carbocycles. The summed E-state index contributed by atoms with van der Waals surface area (Å²) in [7, 11) is 4.06. The van der Waals surface area contributed by atoms with E-state index in [0.717, 1.165) is 60.8 Å². The smallest absolute Gasteiger partial charge is 0.128 e. The summed E-state index contributed by atoms with van der Waals surface area (Å²) in [4.78, 5) is 11.9. The van der Waals surface area contributed by atoms with Gasteiger partial charge in [0.2, 0.25) is 0 Å². The summed E-state index contributed by atoms with van der Waals surface area (Å²) in [5.74, 6) is 0.847. The van der Waals surface area contributed by atoms with Gasteiger partial charge >= 0.3 is 0 Å². The summed E-state index contributed by atoms with van der Waals surface area (Å²) in [6, 6.07) is 18.6. The van der Waals surface area contributed by atoms with Gasteiger partial charge in [-0.1, -0.05) is 12.1 Å². The van der Waals surface area contributed by atoms with Crippen LogP contribution >= 0.6 is 11.3 Å². The van der Waals surface area contributed by atoms with Crippen molar-refractivity contribution in [3.63, 3.8) is 0 Å². The molecule has 0 amide bonds.